The average Bonchev–Trinajstić information content (AvgIpc) is 2.46. The lowest BCUT2D eigenvalue weighted by atomic mass is 10.0. The zero-order valence-electron chi connectivity index (χ0n) is 10.4. The zero-order valence-corrected chi connectivity index (χ0v) is 10.4. The summed E-state index contributed by atoms with van der Waals surface area (Å²) in [5.74, 6) is 0.835. The third-order valence-corrected chi connectivity index (χ3v) is 4.65. The molecule has 0 aromatic carbocycles. The van der Waals surface area contributed by atoms with Crippen molar-refractivity contribution in [1.82, 2.24) is 4.90 Å². The maximum absolute atomic E-state index is 5.59. The Bertz CT molecular complexity index is 182. The first-order valence-electron chi connectivity index (χ1n) is 5.80. The molecule has 0 amide bonds. The largest absolute Gasteiger partial charge is 0.329 e. The molecule has 2 heteroatoms. The molecule has 0 radical (unpaired) electrons. The molecular formula is C12H26N2. The number of rotatable bonds is 5. The summed E-state index contributed by atoms with van der Waals surface area (Å²) >= 11 is 0. The number of likely N-dealkylation sites (N-methyl/N-ethyl adjacent to an activating group) is 1. The van der Waals surface area contributed by atoms with E-state index in [1.165, 1.54) is 6.54 Å². The molecule has 0 heterocycles. The van der Waals surface area contributed by atoms with E-state index in [2.05, 4.69) is 39.5 Å². The Hall–Kier alpha value is -0.0800. The molecule has 0 aliphatic heterocycles. The van der Waals surface area contributed by atoms with Crippen LogP contribution in [0, 0.1) is 16.7 Å². The third-order valence-electron chi connectivity index (χ3n) is 4.65. The number of nitrogens with two attached hydrogens (primary N) is 1. The Morgan fingerprint density at radius 3 is 1.93 bits per heavy atom. The molecule has 1 rings (SSSR count). The molecular weight excluding hydrogens is 172 g/mol. The van der Waals surface area contributed by atoms with E-state index < -0.39 is 0 Å². The molecule has 84 valence electrons. The molecule has 14 heavy (non-hydrogen) atoms. The van der Waals surface area contributed by atoms with Gasteiger partial charge in [0.1, 0.15) is 0 Å². The summed E-state index contributed by atoms with van der Waals surface area (Å²) in [4.78, 5) is 2.47. The topological polar surface area (TPSA) is 29.3 Å². The molecule has 2 N–H and O–H groups in total. The average molecular weight is 198 g/mol. The Morgan fingerprint density at radius 1 is 1.14 bits per heavy atom. The van der Waals surface area contributed by atoms with Gasteiger partial charge in [0.05, 0.1) is 0 Å². The highest BCUT2D eigenvalue weighted by Crippen LogP contribution is 2.68. The predicted octanol–water partition coefficient (Wildman–Crippen LogP) is 1.95. The fraction of sp³-hybridized carbons (Fsp3) is 1.00. The van der Waals surface area contributed by atoms with Crippen LogP contribution in [0.2, 0.25) is 0 Å². The lowest BCUT2D eigenvalue weighted by molar-refractivity contribution is 0.264. The van der Waals surface area contributed by atoms with Crippen molar-refractivity contribution >= 4 is 0 Å². The Morgan fingerprint density at radius 2 is 1.64 bits per heavy atom. The van der Waals surface area contributed by atoms with Gasteiger partial charge in [0.15, 0.2) is 0 Å². The SMILES string of the molecule is CCN(CCN)CC1C(C)(C)C1(C)C. The van der Waals surface area contributed by atoms with Crippen molar-refractivity contribution < 1.29 is 0 Å². The van der Waals surface area contributed by atoms with Crippen molar-refractivity contribution in [3.8, 4) is 0 Å². The number of nitrogens with zero attached hydrogens (tertiary/aromatic N) is 1. The first-order chi connectivity index (χ1) is 6.37. The van der Waals surface area contributed by atoms with Crippen molar-refractivity contribution in [2.75, 3.05) is 26.2 Å². The quantitative estimate of drug-likeness (QED) is 0.731. The summed E-state index contributed by atoms with van der Waals surface area (Å²) in [5.41, 5.74) is 6.61. The highest BCUT2D eigenvalue weighted by Gasteiger charge is 2.64. The van der Waals surface area contributed by atoms with Crippen molar-refractivity contribution in [1.29, 1.82) is 0 Å². The fourth-order valence-electron chi connectivity index (χ4n) is 2.61. The van der Waals surface area contributed by atoms with Gasteiger partial charge >= 0.3 is 0 Å². The molecule has 1 aliphatic rings. The smallest absolute Gasteiger partial charge is 0.0105 e. The predicted molar refractivity (Wildman–Crippen MR) is 62.2 cm³/mol. The van der Waals surface area contributed by atoms with Crippen LogP contribution in [0.1, 0.15) is 34.6 Å². The molecule has 1 fully saturated rings. The molecule has 1 aliphatic carbocycles. The molecule has 0 spiro atoms. The van der Waals surface area contributed by atoms with Gasteiger partial charge in [0, 0.05) is 19.6 Å². The van der Waals surface area contributed by atoms with Crippen LogP contribution in [0.25, 0.3) is 0 Å². The fourth-order valence-corrected chi connectivity index (χ4v) is 2.61. The summed E-state index contributed by atoms with van der Waals surface area (Å²) in [5, 5.41) is 0. The second kappa shape index (κ2) is 3.82. The van der Waals surface area contributed by atoms with Gasteiger partial charge in [-0.2, -0.15) is 0 Å². The number of hydrogen-bond donors (Lipinski definition) is 1. The molecule has 0 atom stereocenters. The molecule has 1 saturated carbocycles. The molecule has 0 saturated heterocycles. The van der Waals surface area contributed by atoms with Gasteiger partial charge in [-0.15, -0.1) is 0 Å². The van der Waals surface area contributed by atoms with Gasteiger partial charge < -0.3 is 10.6 Å². The first-order valence-corrected chi connectivity index (χ1v) is 5.80. The van der Waals surface area contributed by atoms with E-state index in [1.807, 2.05) is 0 Å². The van der Waals surface area contributed by atoms with Crippen LogP contribution in [0.3, 0.4) is 0 Å². The summed E-state index contributed by atoms with van der Waals surface area (Å²) in [7, 11) is 0. The lowest BCUT2D eigenvalue weighted by Gasteiger charge is -2.20. The second-order valence-electron chi connectivity index (χ2n) is 5.68. The Balaban J connectivity index is 2.46. The Labute approximate surface area is 88.8 Å². The second-order valence-corrected chi connectivity index (χ2v) is 5.68. The lowest BCUT2D eigenvalue weighted by Crippen LogP contribution is -2.32. The minimum Gasteiger partial charge on any atom is -0.329 e. The summed E-state index contributed by atoms with van der Waals surface area (Å²) in [6, 6.07) is 0. The van der Waals surface area contributed by atoms with E-state index in [-0.39, 0.29) is 0 Å². The van der Waals surface area contributed by atoms with Crippen LogP contribution in [-0.2, 0) is 0 Å². The summed E-state index contributed by atoms with van der Waals surface area (Å²) in [6.45, 7) is 15.9. The Kier molecular flexibility index (Phi) is 3.27. The van der Waals surface area contributed by atoms with E-state index in [1.54, 1.807) is 0 Å². The van der Waals surface area contributed by atoms with Crippen LogP contribution < -0.4 is 5.73 Å². The van der Waals surface area contributed by atoms with E-state index in [9.17, 15) is 0 Å². The monoisotopic (exact) mass is 198 g/mol. The first kappa shape index (κ1) is 12.0. The van der Waals surface area contributed by atoms with Gasteiger partial charge in [0.25, 0.3) is 0 Å². The number of hydrogen-bond acceptors (Lipinski definition) is 2. The van der Waals surface area contributed by atoms with Crippen molar-refractivity contribution in [2.45, 2.75) is 34.6 Å². The molecule has 2 nitrogen and oxygen atoms in total. The van der Waals surface area contributed by atoms with Crippen LogP contribution in [0.4, 0.5) is 0 Å². The van der Waals surface area contributed by atoms with Gasteiger partial charge in [-0.25, -0.2) is 0 Å². The third kappa shape index (κ3) is 1.82. The van der Waals surface area contributed by atoms with Gasteiger partial charge in [-0.3, -0.25) is 0 Å². The van der Waals surface area contributed by atoms with Crippen molar-refractivity contribution in [3.63, 3.8) is 0 Å². The maximum atomic E-state index is 5.59. The van der Waals surface area contributed by atoms with Crippen LogP contribution in [-0.4, -0.2) is 31.1 Å². The van der Waals surface area contributed by atoms with Crippen LogP contribution >= 0.6 is 0 Å². The van der Waals surface area contributed by atoms with Gasteiger partial charge in [0.2, 0.25) is 0 Å². The maximum Gasteiger partial charge on any atom is 0.0105 e. The summed E-state index contributed by atoms with van der Waals surface area (Å²) < 4.78 is 0. The highest BCUT2D eigenvalue weighted by atomic mass is 15.1. The minimum absolute atomic E-state index is 0.509. The normalized spacial score (nSPS) is 24.2. The van der Waals surface area contributed by atoms with Crippen molar-refractivity contribution in [2.24, 2.45) is 22.5 Å². The molecule has 0 aromatic rings. The van der Waals surface area contributed by atoms with E-state index in [4.69, 9.17) is 5.73 Å². The van der Waals surface area contributed by atoms with E-state index >= 15 is 0 Å². The molecule has 0 aromatic heterocycles. The summed E-state index contributed by atoms with van der Waals surface area (Å²) in [6.07, 6.45) is 0. The van der Waals surface area contributed by atoms with E-state index in [0.717, 1.165) is 25.6 Å². The zero-order chi connectivity index (χ0) is 11.0. The van der Waals surface area contributed by atoms with Gasteiger partial charge in [-0.05, 0) is 23.3 Å². The van der Waals surface area contributed by atoms with Gasteiger partial charge in [-0.1, -0.05) is 34.6 Å². The standard InChI is InChI=1S/C12H26N2/c1-6-14(8-7-13)9-10-11(2,3)12(10,4)5/h10H,6-9,13H2,1-5H3. The van der Waals surface area contributed by atoms with Crippen molar-refractivity contribution in [3.05, 3.63) is 0 Å². The minimum atomic E-state index is 0.509. The van der Waals surface area contributed by atoms with E-state index in [0.29, 0.717) is 10.8 Å². The highest BCUT2D eigenvalue weighted by molar-refractivity contribution is 5.12. The molecule has 0 bridgehead atoms. The van der Waals surface area contributed by atoms with Crippen LogP contribution in [0.15, 0.2) is 0 Å². The van der Waals surface area contributed by atoms with Crippen LogP contribution in [0.5, 0.6) is 0 Å². The molecule has 0 unspecified atom stereocenters.